The molecule has 0 aliphatic rings. The molecule has 0 fully saturated rings. The van der Waals surface area contributed by atoms with Crippen molar-refractivity contribution in [2.75, 3.05) is 0 Å². The lowest BCUT2D eigenvalue weighted by atomic mass is 10.1. The molecular weight excluding hydrogens is 1550 g/mol. The van der Waals surface area contributed by atoms with Crippen molar-refractivity contribution in [2.24, 2.45) is 0 Å². The van der Waals surface area contributed by atoms with Crippen LogP contribution in [-0.2, 0) is 0 Å². The van der Waals surface area contributed by atoms with Crippen molar-refractivity contribution in [2.45, 2.75) is 6.92 Å². The number of fused-ring (bicyclic) bond motifs is 15. The summed E-state index contributed by atoms with van der Waals surface area (Å²) in [4.78, 5) is 30.5. The SMILES string of the molecule is C#CC#CC#CC.c1ccc(-c2cc(-n3c4ccccc4c4c3c3ccccc3n4-c3ccccc3)cc(-c3ccccc3)n2)cc1.c1ccc(-c2cc(-n3c4ccccc4c4c3c3ccccc3n4-c3ccccc3)nc(-c3ccccc3)n2)cc1.c1ccc(-c2nc(-c3ccccc3)nc(-n3c4ccccc4c4c3c3ccccc3n4-c3ccccc3)n2)cc1. The van der Waals surface area contributed by atoms with Crippen molar-refractivity contribution >= 4 is 98.5 Å². The maximum absolute atomic E-state index is 5.20. The first kappa shape index (κ1) is 76.6. The number of hydrogen-bond acceptors (Lipinski definition) is 6. The van der Waals surface area contributed by atoms with Crippen LogP contribution in [-0.4, -0.2) is 57.3 Å². The predicted molar refractivity (Wildman–Crippen MR) is 522 cm³/mol. The number of nitrogens with zero attached hydrogens (tertiary/aromatic N) is 12. The second-order valence-electron chi connectivity index (χ2n) is 30.5. The van der Waals surface area contributed by atoms with Crippen LogP contribution in [0.1, 0.15) is 6.92 Å². The standard InChI is InChI=1S/C37H25N3.C36H24N4.C35H23N5.C7H4/c1-4-14-26(15-5-1)32-24-29(25-33(38-32)27-16-6-2-7-17-27)40-35-23-13-11-21-31(35)36-37(40)30-20-10-12-22-34(30)39(36)28-18-8-3-9-19-28;1-4-14-25(15-5-1)30-24-33(38-36(37-30)26-16-6-2-7-17-26)40-32-23-13-11-21-29(32)34-35(40)28-20-10-12-22-31(28)39(34)27-18-8-3-9-19-27;1-4-14-24(15-5-1)33-36-34(25-16-6-2-7-17-25)38-35(37-33)40-30-23-13-11-21-28(30)31-32(40)27-20-10-12-22-29(27)39(31)26-18-8-3-9-19-26;1-3-5-7-6-4-2/h1-25H;1-24H;1-23H;1H,2H3. The van der Waals surface area contributed by atoms with E-state index < -0.39 is 0 Å². The zero-order chi connectivity index (χ0) is 84.9. The maximum Gasteiger partial charge on any atom is 0.238 e. The van der Waals surface area contributed by atoms with Gasteiger partial charge in [-0.1, -0.05) is 352 Å². The van der Waals surface area contributed by atoms with Crippen LogP contribution in [0.15, 0.2) is 437 Å². The molecule has 9 heterocycles. The number of benzene rings is 15. The van der Waals surface area contributed by atoms with E-state index in [1.54, 1.807) is 6.92 Å². The summed E-state index contributed by atoms with van der Waals surface area (Å²) in [5.74, 6) is 15.4. The number of terminal acetylenes is 1. The summed E-state index contributed by atoms with van der Waals surface area (Å²) in [6, 6.07) is 152. The Balaban J connectivity index is 0.000000112. The molecule has 0 spiro atoms. The van der Waals surface area contributed by atoms with E-state index in [0.717, 1.165) is 123 Å². The number of pyridine rings is 1. The lowest BCUT2D eigenvalue weighted by Crippen LogP contribution is -2.06. The van der Waals surface area contributed by atoms with Crippen molar-refractivity contribution in [1.82, 2.24) is 57.3 Å². The second-order valence-corrected chi connectivity index (χ2v) is 30.5. The van der Waals surface area contributed by atoms with Crippen LogP contribution in [0.2, 0.25) is 0 Å². The minimum absolute atomic E-state index is 0.592. The average Bonchev–Trinajstić information content (AvgIpc) is 1.55. The summed E-state index contributed by atoms with van der Waals surface area (Å²) in [5, 5.41) is 7.08. The van der Waals surface area contributed by atoms with Gasteiger partial charge in [0, 0.05) is 88.8 Å². The van der Waals surface area contributed by atoms with Crippen molar-refractivity contribution < 1.29 is 0 Å². The number of rotatable bonds is 12. The van der Waals surface area contributed by atoms with E-state index >= 15 is 0 Å². The van der Waals surface area contributed by atoms with Crippen molar-refractivity contribution in [3.8, 4) is 138 Å². The lowest BCUT2D eigenvalue weighted by molar-refractivity contribution is 0.955. The van der Waals surface area contributed by atoms with Gasteiger partial charge >= 0.3 is 0 Å². The van der Waals surface area contributed by atoms with Crippen LogP contribution in [0.5, 0.6) is 0 Å². The molecule has 0 amide bonds. The molecule has 127 heavy (non-hydrogen) atoms. The normalized spacial score (nSPS) is 11.1. The van der Waals surface area contributed by atoms with Crippen molar-refractivity contribution in [3.63, 3.8) is 0 Å². The Morgan fingerprint density at radius 1 is 0.205 bits per heavy atom. The Morgan fingerprint density at radius 3 is 0.780 bits per heavy atom. The molecule has 0 aliphatic carbocycles. The Morgan fingerprint density at radius 2 is 0.457 bits per heavy atom. The fourth-order valence-corrected chi connectivity index (χ4v) is 17.5. The smallest absolute Gasteiger partial charge is 0.238 e. The zero-order valence-electron chi connectivity index (χ0n) is 69.0. The largest absolute Gasteiger partial charge is 0.307 e. The highest BCUT2D eigenvalue weighted by molar-refractivity contribution is 6.22. The third kappa shape index (κ3) is 14.3. The van der Waals surface area contributed by atoms with Crippen LogP contribution in [0.4, 0.5) is 0 Å². The molecule has 15 aromatic carbocycles. The highest BCUT2D eigenvalue weighted by atomic mass is 15.2. The van der Waals surface area contributed by atoms with Crippen LogP contribution >= 0.6 is 0 Å². The van der Waals surface area contributed by atoms with Gasteiger partial charge < -0.3 is 18.3 Å². The molecular formula is C115H76N12. The van der Waals surface area contributed by atoms with Gasteiger partial charge in [0.2, 0.25) is 5.95 Å². The van der Waals surface area contributed by atoms with Crippen LogP contribution in [0.3, 0.4) is 0 Å². The summed E-state index contributed by atoms with van der Waals surface area (Å²) in [5.41, 5.74) is 27.2. The fraction of sp³-hybridized carbons (Fsp3) is 0.00870. The number of para-hydroxylation sites is 9. The van der Waals surface area contributed by atoms with E-state index in [0.29, 0.717) is 23.4 Å². The molecule has 0 saturated carbocycles. The molecule has 9 aromatic heterocycles. The molecule has 24 aromatic rings. The minimum Gasteiger partial charge on any atom is -0.307 e. The molecule has 0 radical (unpaired) electrons. The van der Waals surface area contributed by atoms with E-state index in [-0.39, 0.29) is 0 Å². The highest BCUT2D eigenvalue weighted by Crippen LogP contribution is 2.46. The molecule has 24 rings (SSSR count). The summed E-state index contributed by atoms with van der Waals surface area (Å²) in [6.07, 6.45) is 4.78. The molecule has 0 N–H and O–H groups in total. The predicted octanol–water partition coefficient (Wildman–Crippen LogP) is 27.2. The van der Waals surface area contributed by atoms with Gasteiger partial charge in [0.1, 0.15) is 5.82 Å². The monoisotopic (exact) mass is 1620 g/mol. The molecule has 0 unspecified atom stereocenters. The number of aromatic nitrogens is 12. The molecule has 596 valence electrons. The first-order valence-corrected chi connectivity index (χ1v) is 42.1. The molecule has 0 bridgehead atoms. The summed E-state index contributed by atoms with van der Waals surface area (Å²) in [7, 11) is 0. The maximum atomic E-state index is 5.20. The van der Waals surface area contributed by atoms with E-state index in [1.165, 1.54) is 54.6 Å². The topological polar surface area (TPSA) is 107 Å². The van der Waals surface area contributed by atoms with Crippen LogP contribution in [0.25, 0.3) is 201 Å². The molecule has 12 nitrogen and oxygen atoms in total. The van der Waals surface area contributed by atoms with Gasteiger partial charge in [-0.2, -0.15) is 9.97 Å². The van der Waals surface area contributed by atoms with Gasteiger partial charge in [-0.05, 0) is 116 Å². The Labute approximate surface area is 733 Å². The van der Waals surface area contributed by atoms with Crippen molar-refractivity contribution in [1.29, 1.82) is 0 Å². The van der Waals surface area contributed by atoms with Gasteiger partial charge in [0.25, 0.3) is 0 Å². The number of hydrogen-bond donors (Lipinski definition) is 0. The molecule has 12 heteroatoms. The Hall–Kier alpha value is -17.8. The lowest BCUT2D eigenvalue weighted by Gasteiger charge is -2.13. The summed E-state index contributed by atoms with van der Waals surface area (Å²) < 4.78 is 14.1. The van der Waals surface area contributed by atoms with Crippen molar-refractivity contribution in [3.05, 3.63) is 437 Å². The van der Waals surface area contributed by atoms with Crippen LogP contribution < -0.4 is 0 Å². The Bertz CT molecular complexity index is 7440. The van der Waals surface area contributed by atoms with Gasteiger partial charge in [-0.3, -0.25) is 9.13 Å². The fourth-order valence-electron chi connectivity index (χ4n) is 17.5. The molecule has 0 atom stereocenters. The van der Waals surface area contributed by atoms with E-state index in [1.807, 2.05) is 97.1 Å². The molecule has 0 saturated heterocycles. The summed E-state index contributed by atoms with van der Waals surface area (Å²) >= 11 is 0. The van der Waals surface area contributed by atoms with Gasteiger partial charge in [0.05, 0.1) is 89.0 Å². The zero-order valence-corrected chi connectivity index (χ0v) is 69.0. The molecule has 0 aliphatic heterocycles. The van der Waals surface area contributed by atoms with Gasteiger partial charge in [0.15, 0.2) is 17.5 Å². The van der Waals surface area contributed by atoms with E-state index in [4.69, 9.17) is 36.3 Å². The van der Waals surface area contributed by atoms with Gasteiger partial charge in [-0.25, -0.2) is 19.9 Å². The quantitative estimate of drug-likeness (QED) is 0.113. The second kappa shape index (κ2) is 34.0. The first-order chi connectivity index (χ1) is 63.0. The minimum atomic E-state index is 0.592. The third-order valence-electron chi connectivity index (χ3n) is 22.9. The highest BCUT2D eigenvalue weighted by Gasteiger charge is 2.28. The van der Waals surface area contributed by atoms with E-state index in [2.05, 4.69) is 397 Å². The third-order valence-corrected chi connectivity index (χ3v) is 22.9. The average molecular weight is 1630 g/mol. The first-order valence-electron chi connectivity index (χ1n) is 42.1. The summed E-state index contributed by atoms with van der Waals surface area (Å²) in [6.45, 7) is 1.71. The van der Waals surface area contributed by atoms with E-state index in [9.17, 15) is 0 Å². The Kier molecular flexibility index (Phi) is 20.5. The van der Waals surface area contributed by atoms with Gasteiger partial charge in [-0.15, -0.1) is 6.42 Å². The van der Waals surface area contributed by atoms with Crippen LogP contribution in [0, 0.1) is 36.0 Å².